The third-order valence-corrected chi connectivity index (χ3v) is 4.31. The van der Waals surface area contributed by atoms with Crippen LogP contribution in [0.1, 0.15) is 5.82 Å². The maximum Gasteiger partial charge on any atom is 0.434 e. The van der Waals surface area contributed by atoms with Gasteiger partial charge in [-0.1, -0.05) is 17.8 Å². The second kappa shape index (κ2) is 8.59. The number of methoxy groups -OCH3 is 1. The molecular formula is C10H15N4O6PS. The van der Waals surface area contributed by atoms with Crippen LogP contribution in [0.4, 0.5) is 5.13 Å². The van der Waals surface area contributed by atoms with Crippen molar-refractivity contribution in [2.24, 2.45) is 5.16 Å². The number of carbonyl (C=O) groups excluding carboxylic acids is 1. The third kappa shape index (κ3) is 4.88. The number of rotatable bonds is 9. The minimum atomic E-state index is -3.52. The number of nitrogens with zero attached hydrogens (tertiary/aromatic N) is 3. The predicted molar refractivity (Wildman–Crippen MR) is 79.9 cm³/mol. The third-order valence-electron chi connectivity index (χ3n) is 2.08. The lowest BCUT2D eigenvalue weighted by Gasteiger charge is -2.12. The molecule has 0 aliphatic heterocycles. The average molecular weight is 350 g/mol. The quantitative estimate of drug-likeness (QED) is 0.176. The molecule has 1 aromatic rings. The van der Waals surface area contributed by atoms with Crippen molar-refractivity contribution in [1.29, 1.82) is 0 Å². The fraction of sp³-hybridized carbons (Fsp3) is 0.400. The van der Waals surface area contributed by atoms with Gasteiger partial charge in [0.1, 0.15) is 6.61 Å². The highest BCUT2D eigenvalue weighted by atomic mass is 32.1. The monoisotopic (exact) mass is 350 g/mol. The summed E-state index contributed by atoms with van der Waals surface area (Å²) in [6, 6.07) is 0. The van der Waals surface area contributed by atoms with Crippen LogP contribution in [0.2, 0.25) is 0 Å². The predicted octanol–water partition coefficient (Wildman–Crippen LogP) is 1.43. The van der Waals surface area contributed by atoms with Crippen LogP contribution in [0, 0.1) is 0 Å². The molecule has 0 saturated heterocycles. The van der Waals surface area contributed by atoms with Crippen molar-refractivity contribution < 1.29 is 28.0 Å². The smallest absolute Gasteiger partial charge is 0.434 e. The number of nitrogens with one attached hydrogen (secondary N) is 1. The van der Waals surface area contributed by atoms with E-state index in [-0.39, 0.29) is 23.3 Å². The highest BCUT2D eigenvalue weighted by Crippen LogP contribution is 2.46. The molecule has 122 valence electrons. The summed E-state index contributed by atoms with van der Waals surface area (Å²) in [5, 5.41) is 6.16. The molecule has 1 aromatic heterocycles. The van der Waals surface area contributed by atoms with Crippen LogP contribution >= 0.6 is 19.3 Å². The average Bonchev–Trinajstić information content (AvgIpc) is 2.98. The number of carbonyl (C=O) groups is 1. The van der Waals surface area contributed by atoms with Gasteiger partial charge in [0.05, 0.1) is 7.11 Å². The van der Waals surface area contributed by atoms with Crippen LogP contribution in [0.15, 0.2) is 17.8 Å². The topological polar surface area (TPSA) is 121 Å². The van der Waals surface area contributed by atoms with Crippen molar-refractivity contribution in [3.63, 3.8) is 0 Å². The van der Waals surface area contributed by atoms with E-state index in [9.17, 15) is 9.36 Å². The second-order valence-electron chi connectivity index (χ2n) is 3.41. The molecule has 1 N–H and O–H groups in total. The van der Waals surface area contributed by atoms with Gasteiger partial charge >= 0.3 is 13.7 Å². The second-order valence-corrected chi connectivity index (χ2v) is 6.11. The largest absolute Gasteiger partial charge is 0.464 e. The van der Waals surface area contributed by atoms with Gasteiger partial charge in [-0.25, -0.2) is 9.36 Å². The van der Waals surface area contributed by atoms with Gasteiger partial charge < -0.3 is 9.57 Å². The Bertz CT molecular complexity index is 596. The molecule has 0 aliphatic rings. The van der Waals surface area contributed by atoms with E-state index in [1.807, 2.05) is 0 Å². The van der Waals surface area contributed by atoms with E-state index in [0.29, 0.717) is 0 Å². The first-order valence-corrected chi connectivity index (χ1v) is 8.04. The SMILES string of the molecule is C=CCON=C(C(=O)OC)c1nsc(NP(=O)(OC)OC)n1. The number of ether oxygens (including phenoxy) is 1. The summed E-state index contributed by atoms with van der Waals surface area (Å²) >= 11 is 0.834. The number of hydrogen-bond acceptors (Lipinski definition) is 10. The number of aromatic nitrogens is 2. The Kier molecular flexibility index (Phi) is 7.12. The van der Waals surface area contributed by atoms with Crippen LogP contribution < -0.4 is 5.09 Å². The van der Waals surface area contributed by atoms with Crippen LogP contribution in [0.25, 0.3) is 0 Å². The molecule has 0 fully saturated rings. The summed E-state index contributed by atoms with van der Waals surface area (Å²) in [6.45, 7) is 3.55. The Morgan fingerprint density at radius 3 is 2.68 bits per heavy atom. The van der Waals surface area contributed by atoms with Crippen molar-refractivity contribution in [3.8, 4) is 0 Å². The first kappa shape index (κ1) is 18.2. The van der Waals surface area contributed by atoms with Crippen LogP contribution in [-0.4, -0.2) is 49.0 Å². The Hall–Kier alpha value is -1.81. The summed E-state index contributed by atoms with van der Waals surface area (Å²) in [5.41, 5.74) is -0.238. The van der Waals surface area contributed by atoms with E-state index in [0.717, 1.165) is 11.5 Å². The molecule has 0 aliphatic carbocycles. The van der Waals surface area contributed by atoms with E-state index in [2.05, 4.69) is 30.9 Å². The highest BCUT2D eigenvalue weighted by molar-refractivity contribution is 7.55. The maximum absolute atomic E-state index is 11.9. The molecule has 1 heterocycles. The molecule has 0 spiro atoms. The zero-order valence-electron chi connectivity index (χ0n) is 12.1. The molecule has 0 radical (unpaired) electrons. The molecule has 0 atom stereocenters. The van der Waals surface area contributed by atoms with Gasteiger partial charge in [0.2, 0.25) is 16.7 Å². The van der Waals surface area contributed by atoms with Gasteiger partial charge in [-0.3, -0.25) is 14.1 Å². The number of esters is 1. The van der Waals surface area contributed by atoms with E-state index in [1.165, 1.54) is 27.4 Å². The molecule has 0 unspecified atom stereocenters. The fourth-order valence-corrected chi connectivity index (χ4v) is 2.61. The first-order chi connectivity index (χ1) is 10.5. The summed E-state index contributed by atoms with van der Waals surface area (Å²) < 4.78 is 29.8. The molecule has 0 bridgehead atoms. The van der Waals surface area contributed by atoms with E-state index in [1.54, 1.807) is 0 Å². The van der Waals surface area contributed by atoms with Gasteiger partial charge in [-0.15, -0.1) is 0 Å². The van der Waals surface area contributed by atoms with Crippen LogP contribution in [0.3, 0.4) is 0 Å². The molecule has 0 aromatic carbocycles. The van der Waals surface area contributed by atoms with Gasteiger partial charge in [0, 0.05) is 25.8 Å². The lowest BCUT2D eigenvalue weighted by atomic mass is 10.4. The van der Waals surface area contributed by atoms with Crippen molar-refractivity contribution in [3.05, 3.63) is 18.5 Å². The van der Waals surface area contributed by atoms with E-state index in [4.69, 9.17) is 13.9 Å². The summed E-state index contributed by atoms with van der Waals surface area (Å²) in [5.74, 6) is -0.836. The highest BCUT2D eigenvalue weighted by Gasteiger charge is 2.26. The first-order valence-electron chi connectivity index (χ1n) is 5.72. The van der Waals surface area contributed by atoms with Gasteiger partial charge in [0.15, 0.2) is 0 Å². The van der Waals surface area contributed by atoms with Gasteiger partial charge in [0.25, 0.3) is 0 Å². The molecule has 10 nitrogen and oxygen atoms in total. The zero-order valence-corrected chi connectivity index (χ0v) is 13.8. The maximum atomic E-state index is 11.9. The van der Waals surface area contributed by atoms with Gasteiger partial charge in [-0.2, -0.15) is 9.36 Å². The van der Waals surface area contributed by atoms with Crippen molar-refractivity contribution in [2.75, 3.05) is 33.0 Å². The Balaban J connectivity index is 2.99. The number of oxime groups is 1. The molecule has 0 saturated carbocycles. The molecule has 1 rings (SSSR count). The number of anilines is 1. The Morgan fingerprint density at radius 2 is 2.14 bits per heavy atom. The molecule has 12 heteroatoms. The van der Waals surface area contributed by atoms with Crippen LogP contribution in [-0.2, 0) is 28.0 Å². The molecule has 0 amide bonds. The Labute approximate surface area is 130 Å². The molecule has 22 heavy (non-hydrogen) atoms. The van der Waals surface area contributed by atoms with Crippen LogP contribution in [0.5, 0.6) is 0 Å². The van der Waals surface area contributed by atoms with Crippen molar-refractivity contribution in [2.45, 2.75) is 0 Å². The van der Waals surface area contributed by atoms with Gasteiger partial charge in [-0.05, 0) is 0 Å². The number of hydrogen-bond donors (Lipinski definition) is 1. The summed E-state index contributed by atoms with van der Waals surface area (Å²) in [4.78, 5) is 20.5. The minimum Gasteiger partial charge on any atom is -0.464 e. The lowest BCUT2D eigenvalue weighted by molar-refractivity contribution is -0.132. The minimum absolute atomic E-state index is 0.0535. The van der Waals surface area contributed by atoms with Crippen molar-refractivity contribution >= 4 is 36.1 Å². The standard InChI is InChI=1S/C10H15N4O6PS/c1-5-6-20-12-7(9(15)17-2)8-11-10(22-14-8)13-21(16,18-3)19-4/h5H,1,6H2,2-4H3,(H,11,13,14,16). The molecular weight excluding hydrogens is 335 g/mol. The summed E-state index contributed by atoms with van der Waals surface area (Å²) in [6.07, 6.45) is 1.45. The van der Waals surface area contributed by atoms with Crippen molar-refractivity contribution in [1.82, 2.24) is 9.36 Å². The fourth-order valence-electron chi connectivity index (χ4n) is 1.07. The van der Waals surface area contributed by atoms with E-state index >= 15 is 0 Å². The van der Waals surface area contributed by atoms with E-state index < -0.39 is 13.7 Å². The Morgan fingerprint density at radius 1 is 1.45 bits per heavy atom. The normalized spacial score (nSPS) is 11.9. The summed E-state index contributed by atoms with van der Waals surface area (Å²) in [7, 11) is 0.0862. The lowest BCUT2D eigenvalue weighted by Crippen LogP contribution is -2.19. The zero-order chi connectivity index (χ0) is 16.6.